The average Bonchev–Trinajstić information content (AvgIpc) is 2.73. The summed E-state index contributed by atoms with van der Waals surface area (Å²) in [5, 5.41) is 0. The zero-order valence-electron chi connectivity index (χ0n) is 11.2. The van der Waals surface area contributed by atoms with Crippen molar-refractivity contribution < 1.29 is 9.47 Å². The van der Waals surface area contributed by atoms with E-state index >= 15 is 0 Å². The van der Waals surface area contributed by atoms with E-state index in [9.17, 15) is 0 Å². The molecule has 3 rings (SSSR count). The molecule has 0 saturated carbocycles. The van der Waals surface area contributed by atoms with E-state index < -0.39 is 0 Å². The van der Waals surface area contributed by atoms with E-state index in [4.69, 9.17) is 15.2 Å². The molecule has 106 valence electrons. The van der Waals surface area contributed by atoms with Crippen LogP contribution in [0.4, 0.5) is 0 Å². The van der Waals surface area contributed by atoms with Crippen LogP contribution in [0.15, 0.2) is 22.8 Å². The van der Waals surface area contributed by atoms with Gasteiger partial charge in [-0.1, -0.05) is 0 Å². The van der Waals surface area contributed by atoms with Gasteiger partial charge in [-0.15, -0.1) is 0 Å². The third kappa shape index (κ3) is 2.29. The molecule has 1 aromatic carbocycles. The predicted molar refractivity (Wildman–Crippen MR) is 80.1 cm³/mol. The fourth-order valence-electron chi connectivity index (χ4n) is 2.36. The summed E-state index contributed by atoms with van der Waals surface area (Å²) >= 11 is 3.53. The average molecular weight is 338 g/mol. The summed E-state index contributed by atoms with van der Waals surface area (Å²) in [6.45, 7) is 1.77. The summed E-state index contributed by atoms with van der Waals surface area (Å²) in [7, 11) is 1.99. The first kappa shape index (κ1) is 13.5. The molecular weight excluding hydrogens is 322 g/mol. The molecule has 1 aromatic heterocycles. The summed E-state index contributed by atoms with van der Waals surface area (Å²) in [6.07, 6.45) is 0.750. The van der Waals surface area contributed by atoms with Crippen LogP contribution in [0.2, 0.25) is 0 Å². The molecule has 5 nitrogen and oxygen atoms in total. The van der Waals surface area contributed by atoms with Gasteiger partial charge in [-0.3, -0.25) is 0 Å². The zero-order valence-corrected chi connectivity index (χ0v) is 12.8. The van der Waals surface area contributed by atoms with Gasteiger partial charge in [0.1, 0.15) is 23.6 Å². The van der Waals surface area contributed by atoms with Gasteiger partial charge in [0.25, 0.3) is 0 Å². The Bertz CT molecular complexity index is 640. The lowest BCUT2D eigenvalue weighted by molar-refractivity contribution is 0.171. The molecule has 0 aliphatic carbocycles. The minimum atomic E-state index is 0.581. The van der Waals surface area contributed by atoms with Gasteiger partial charge >= 0.3 is 0 Å². The number of halogens is 1. The smallest absolute Gasteiger partial charge is 0.162 e. The fourth-order valence-corrected chi connectivity index (χ4v) is 3.06. The van der Waals surface area contributed by atoms with Crippen LogP contribution in [0.1, 0.15) is 5.82 Å². The lowest BCUT2D eigenvalue weighted by Crippen LogP contribution is -2.15. The molecule has 2 aromatic rings. The number of fused-ring (bicyclic) bond motifs is 1. The first-order chi connectivity index (χ1) is 9.70. The number of rotatable bonds is 3. The third-order valence-corrected chi connectivity index (χ3v) is 3.88. The van der Waals surface area contributed by atoms with Crippen LogP contribution >= 0.6 is 15.9 Å². The van der Waals surface area contributed by atoms with Gasteiger partial charge in [0, 0.05) is 19.0 Å². The number of hydrogen-bond donors (Lipinski definition) is 1. The van der Waals surface area contributed by atoms with E-state index in [-0.39, 0.29) is 0 Å². The topological polar surface area (TPSA) is 62.3 Å². The molecule has 0 saturated heterocycles. The van der Waals surface area contributed by atoms with Crippen LogP contribution in [-0.4, -0.2) is 29.3 Å². The van der Waals surface area contributed by atoms with E-state index in [0.29, 0.717) is 19.8 Å². The highest BCUT2D eigenvalue weighted by molar-refractivity contribution is 9.10. The van der Waals surface area contributed by atoms with E-state index in [1.165, 1.54) is 0 Å². The van der Waals surface area contributed by atoms with Crippen LogP contribution in [0.25, 0.3) is 11.3 Å². The molecule has 0 spiro atoms. The van der Waals surface area contributed by atoms with Crippen molar-refractivity contribution in [1.82, 2.24) is 9.55 Å². The minimum absolute atomic E-state index is 0.581. The maximum atomic E-state index is 5.63. The Morgan fingerprint density at radius 3 is 2.80 bits per heavy atom. The van der Waals surface area contributed by atoms with Gasteiger partial charge in [-0.25, -0.2) is 4.98 Å². The first-order valence-corrected chi connectivity index (χ1v) is 7.31. The van der Waals surface area contributed by atoms with Crippen LogP contribution in [0.5, 0.6) is 11.5 Å². The maximum Gasteiger partial charge on any atom is 0.162 e. The molecule has 0 atom stereocenters. The zero-order chi connectivity index (χ0) is 14.1. The fraction of sp³-hybridized carbons (Fsp3) is 0.357. The summed E-state index contributed by atoms with van der Waals surface area (Å²) in [6, 6.07) is 5.94. The third-order valence-electron chi connectivity index (χ3n) is 3.33. The van der Waals surface area contributed by atoms with Crippen LogP contribution in [-0.2, 0) is 13.5 Å². The Labute approximate surface area is 125 Å². The summed E-state index contributed by atoms with van der Waals surface area (Å²) in [5.41, 5.74) is 7.67. The monoisotopic (exact) mass is 337 g/mol. The Hall–Kier alpha value is -1.53. The number of benzene rings is 1. The van der Waals surface area contributed by atoms with Crippen molar-refractivity contribution in [2.75, 3.05) is 19.8 Å². The lowest BCUT2D eigenvalue weighted by atomic mass is 10.1. The molecule has 1 aliphatic heterocycles. The second-order valence-corrected chi connectivity index (χ2v) is 5.37. The maximum absolute atomic E-state index is 5.63. The Morgan fingerprint density at radius 2 is 2.05 bits per heavy atom. The largest absolute Gasteiger partial charge is 0.486 e. The van der Waals surface area contributed by atoms with Gasteiger partial charge in [0.05, 0.1) is 5.69 Å². The predicted octanol–water partition coefficient (Wildman–Crippen LogP) is 2.12. The molecule has 1 aliphatic rings. The molecule has 0 amide bonds. The van der Waals surface area contributed by atoms with Gasteiger partial charge in [0.15, 0.2) is 11.5 Å². The van der Waals surface area contributed by atoms with Crippen LogP contribution < -0.4 is 15.2 Å². The number of imidazole rings is 1. The highest BCUT2D eigenvalue weighted by Gasteiger charge is 2.18. The van der Waals surface area contributed by atoms with Crippen molar-refractivity contribution in [2.45, 2.75) is 6.42 Å². The summed E-state index contributed by atoms with van der Waals surface area (Å²) < 4.78 is 14.1. The number of aromatic nitrogens is 2. The quantitative estimate of drug-likeness (QED) is 0.931. The standard InChI is InChI=1S/C14H16BrN3O2/c1-18-12(4-5-16)17-14(15)13(18)9-2-3-10-11(8-9)20-7-6-19-10/h2-3,8H,4-7,16H2,1H3. The van der Waals surface area contributed by atoms with Crippen molar-refractivity contribution in [3.05, 3.63) is 28.6 Å². The number of ether oxygens (including phenoxy) is 2. The second-order valence-electron chi connectivity index (χ2n) is 4.62. The second kappa shape index (κ2) is 5.46. The molecule has 2 N–H and O–H groups in total. The molecule has 0 unspecified atom stereocenters. The Kier molecular flexibility index (Phi) is 3.67. The number of nitrogens with zero attached hydrogens (tertiary/aromatic N) is 2. The first-order valence-electron chi connectivity index (χ1n) is 6.52. The molecule has 20 heavy (non-hydrogen) atoms. The molecular formula is C14H16BrN3O2. The normalized spacial score (nSPS) is 13.6. The lowest BCUT2D eigenvalue weighted by Gasteiger charge is -2.19. The van der Waals surface area contributed by atoms with Gasteiger partial charge in [-0.2, -0.15) is 0 Å². The van der Waals surface area contributed by atoms with E-state index in [2.05, 4.69) is 25.5 Å². The Morgan fingerprint density at radius 1 is 1.30 bits per heavy atom. The molecule has 0 bridgehead atoms. The van der Waals surface area contributed by atoms with Gasteiger partial charge < -0.3 is 19.8 Å². The summed E-state index contributed by atoms with van der Waals surface area (Å²) in [4.78, 5) is 4.52. The van der Waals surface area contributed by atoms with Crippen molar-refractivity contribution >= 4 is 15.9 Å². The minimum Gasteiger partial charge on any atom is -0.486 e. The SMILES string of the molecule is Cn1c(CCN)nc(Br)c1-c1ccc2c(c1)OCCO2. The van der Waals surface area contributed by atoms with Crippen LogP contribution in [0, 0.1) is 0 Å². The van der Waals surface area contributed by atoms with Gasteiger partial charge in [-0.05, 0) is 40.7 Å². The highest BCUT2D eigenvalue weighted by Crippen LogP contribution is 2.36. The van der Waals surface area contributed by atoms with E-state index in [1.54, 1.807) is 0 Å². The van der Waals surface area contributed by atoms with Gasteiger partial charge in [0.2, 0.25) is 0 Å². The van der Waals surface area contributed by atoms with Crippen LogP contribution in [0.3, 0.4) is 0 Å². The van der Waals surface area contributed by atoms with E-state index in [1.807, 2.05) is 25.2 Å². The van der Waals surface area contributed by atoms with E-state index in [0.717, 1.165) is 39.6 Å². The Balaban J connectivity index is 2.04. The van der Waals surface area contributed by atoms with Crippen molar-refractivity contribution in [3.63, 3.8) is 0 Å². The van der Waals surface area contributed by atoms with Crippen molar-refractivity contribution in [1.29, 1.82) is 0 Å². The molecule has 0 radical (unpaired) electrons. The number of nitrogens with two attached hydrogens (primary N) is 1. The molecule has 2 heterocycles. The van der Waals surface area contributed by atoms with Crippen molar-refractivity contribution in [3.8, 4) is 22.8 Å². The molecule has 6 heteroatoms. The number of hydrogen-bond acceptors (Lipinski definition) is 4. The molecule has 0 fully saturated rings. The summed E-state index contributed by atoms with van der Waals surface area (Å²) in [5.74, 6) is 2.53. The highest BCUT2D eigenvalue weighted by atomic mass is 79.9. The van der Waals surface area contributed by atoms with Crippen molar-refractivity contribution in [2.24, 2.45) is 12.8 Å².